The molecular formula is C17H29N3. The number of hydrogen-bond acceptors (Lipinski definition) is 3. The second kappa shape index (κ2) is 7.21. The van der Waals surface area contributed by atoms with Gasteiger partial charge in [-0.25, -0.2) is 0 Å². The lowest BCUT2D eigenvalue weighted by molar-refractivity contribution is 0.128. The Labute approximate surface area is 124 Å². The van der Waals surface area contributed by atoms with E-state index in [1.807, 2.05) is 0 Å². The Hall–Kier alpha value is -0.900. The molecule has 3 nitrogen and oxygen atoms in total. The highest BCUT2D eigenvalue weighted by molar-refractivity contribution is 5.33. The molecule has 0 radical (unpaired) electrons. The second-order valence-electron chi connectivity index (χ2n) is 5.94. The molecule has 0 aliphatic carbocycles. The van der Waals surface area contributed by atoms with Crippen molar-refractivity contribution in [3.63, 3.8) is 0 Å². The molecule has 1 unspecified atom stereocenters. The first-order valence-electron chi connectivity index (χ1n) is 7.83. The van der Waals surface area contributed by atoms with Gasteiger partial charge in [0, 0.05) is 38.8 Å². The molecule has 3 heteroatoms. The number of benzene rings is 1. The number of aryl methyl sites for hydroxylation is 2. The van der Waals surface area contributed by atoms with Crippen molar-refractivity contribution in [3.8, 4) is 0 Å². The summed E-state index contributed by atoms with van der Waals surface area (Å²) in [7, 11) is 2.08. The average molecular weight is 275 g/mol. The maximum absolute atomic E-state index is 3.50. The van der Waals surface area contributed by atoms with Crippen LogP contribution >= 0.6 is 0 Å². The lowest BCUT2D eigenvalue weighted by Gasteiger charge is -2.36. The third kappa shape index (κ3) is 3.81. The maximum Gasteiger partial charge on any atom is 0.0449 e. The van der Waals surface area contributed by atoms with E-state index in [9.17, 15) is 0 Å². The summed E-state index contributed by atoms with van der Waals surface area (Å²) in [4.78, 5) is 5.12. The van der Waals surface area contributed by atoms with E-state index in [1.165, 1.54) is 49.4 Å². The Morgan fingerprint density at radius 1 is 1.10 bits per heavy atom. The van der Waals surface area contributed by atoms with Crippen molar-refractivity contribution >= 4 is 0 Å². The normalized spacial score (nSPS) is 19.2. The Morgan fingerprint density at radius 3 is 2.35 bits per heavy atom. The van der Waals surface area contributed by atoms with Gasteiger partial charge in [0.05, 0.1) is 0 Å². The molecule has 0 amide bonds. The average Bonchev–Trinajstić information content (AvgIpc) is 2.48. The van der Waals surface area contributed by atoms with E-state index < -0.39 is 0 Å². The number of piperazine rings is 1. The summed E-state index contributed by atoms with van der Waals surface area (Å²) in [6, 6.07) is 7.21. The molecule has 0 saturated carbocycles. The first-order chi connectivity index (χ1) is 9.63. The molecule has 1 aromatic rings. The zero-order valence-electron chi connectivity index (χ0n) is 13.4. The number of nitrogens with zero attached hydrogens (tertiary/aromatic N) is 2. The smallest absolute Gasteiger partial charge is 0.0449 e. The molecule has 1 fully saturated rings. The zero-order valence-corrected chi connectivity index (χ0v) is 13.4. The van der Waals surface area contributed by atoms with E-state index in [-0.39, 0.29) is 0 Å². The summed E-state index contributed by atoms with van der Waals surface area (Å²) in [6.45, 7) is 13.7. The van der Waals surface area contributed by atoms with Crippen LogP contribution in [0.3, 0.4) is 0 Å². The SMILES string of the molecule is CCN1CCN(CC(NC)c2cc(C)ccc2C)CC1. The molecule has 1 N–H and O–H groups in total. The third-order valence-electron chi connectivity index (χ3n) is 4.51. The van der Waals surface area contributed by atoms with Gasteiger partial charge in [-0.1, -0.05) is 30.7 Å². The molecule has 20 heavy (non-hydrogen) atoms. The minimum atomic E-state index is 0.433. The molecule has 1 aliphatic rings. The van der Waals surface area contributed by atoms with Gasteiger partial charge in [-0.15, -0.1) is 0 Å². The van der Waals surface area contributed by atoms with Gasteiger partial charge in [0.1, 0.15) is 0 Å². The van der Waals surface area contributed by atoms with Crippen LogP contribution in [0.4, 0.5) is 0 Å². The summed E-state index contributed by atoms with van der Waals surface area (Å²) < 4.78 is 0. The van der Waals surface area contributed by atoms with E-state index in [2.05, 4.69) is 61.1 Å². The largest absolute Gasteiger partial charge is 0.312 e. The fraction of sp³-hybridized carbons (Fsp3) is 0.647. The Bertz CT molecular complexity index is 422. The van der Waals surface area contributed by atoms with Crippen LogP contribution in [0.2, 0.25) is 0 Å². The fourth-order valence-corrected chi connectivity index (χ4v) is 3.03. The van der Waals surface area contributed by atoms with E-state index in [1.54, 1.807) is 0 Å². The van der Waals surface area contributed by atoms with Crippen LogP contribution < -0.4 is 5.32 Å². The molecule has 112 valence electrons. The minimum Gasteiger partial charge on any atom is -0.312 e. The summed E-state index contributed by atoms with van der Waals surface area (Å²) >= 11 is 0. The molecular weight excluding hydrogens is 246 g/mol. The highest BCUT2D eigenvalue weighted by Gasteiger charge is 2.20. The summed E-state index contributed by atoms with van der Waals surface area (Å²) in [5.41, 5.74) is 4.19. The van der Waals surface area contributed by atoms with Gasteiger partial charge in [0.25, 0.3) is 0 Å². The van der Waals surface area contributed by atoms with Gasteiger partial charge in [-0.05, 0) is 38.6 Å². The van der Waals surface area contributed by atoms with Crippen molar-refractivity contribution in [2.75, 3.05) is 46.3 Å². The van der Waals surface area contributed by atoms with E-state index in [0.717, 1.165) is 6.54 Å². The Balaban J connectivity index is 2.00. The molecule has 0 spiro atoms. The lowest BCUT2D eigenvalue weighted by atomic mass is 9.98. The zero-order chi connectivity index (χ0) is 14.5. The number of rotatable bonds is 5. The number of nitrogens with one attached hydrogen (secondary N) is 1. The fourth-order valence-electron chi connectivity index (χ4n) is 3.03. The van der Waals surface area contributed by atoms with Crippen LogP contribution in [0.1, 0.15) is 29.7 Å². The molecule has 1 atom stereocenters. The van der Waals surface area contributed by atoms with Crippen LogP contribution in [-0.4, -0.2) is 56.1 Å². The third-order valence-corrected chi connectivity index (χ3v) is 4.51. The minimum absolute atomic E-state index is 0.433. The van der Waals surface area contributed by atoms with Crippen LogP contribution in [0.5, 0.6) is 0 Å². The predicted octanol–water partition coefficient (Wildman–Crippen LogP) is 2.20. The van der Waals surface area contributed by atoms with Crippen LogP contribution in [-0.2, 0) is 0 Å². The van der Waals surface area contributed by atoms with Crippen molar-refractivity contribution < 1.29 is 0 Å². The standard InChI is InChI=1S/C17H29N3/c1-5-19-8-10-20(11-9-19)13-17(18-4)16-12-14(2)6-7-15(16)3/h6-7,12,17-18H,5,8-11,13H2,1-4H3. The van der Waals surface area contributed by atoms with Crippen molar-refractivity contribution in [2.45, 2.75) is 26.8 Å². The molecule has 1 aromatic carbocycles. The van der Waals surface area contributed by atoms with Crippen LogP contribution in [0.25, 0.3) is 0 Å². The van der Waals surface area contributed by atoms with Gasteiger partial charge in [-0.3, -0.25) is 4.90 Å². The quantitative estimate of drug-likeness (QED) is 0.889. The van der Waals surface area contributed by atoms with Crippen LogP contribution in [0.15, 0.2) is 18.2 Å². The van der Waals surface area contributed by atoms with Gasteiger partial charge in [0.2, 0.25) is 0 Å². The second-order valence-corrected chi connectivity index (χ2v) is 5.94. The van der Waals surface area contributed by atoms with Crippen LogP contribution in [0, 0.1) is 13.8 Å². The molecule has 1 heterocycles. The molecule has 0 bridgehead atoms. The monoisotopic (exact) mass is 275 g/mol. The summed E-state index contributed by atoms with van der Waals surface area (Å²) in [5, 5.41) is 3.50. The van der Waals surface area contributed by atoms with Crippen molar-refractivity contribution in [1.29, 1.82) is 0 Å². The van der Waals surface area contributed by atoms with Crippen molar-refractivity contribution in [2.24, 2.45) is 0 Å². The maximum atomic E-state index is 3.50. The van der Waals surface area contributed by atoms with Gasteiger partial charge in [-0.2, -0.15) is 0 Å². The molecule has 1 saturated heterocycles. The molecule has 2 rings (SSSR count). The highest BCUT2D eigenvalue weighted by atomic mass is 15.3. The topological polar surface area (TPSA) is 18.5 Å². The van der Waals surface area contributed by atoms with Gasteiger partial charge >= 0.3 is 0 Å². The predicted molar refractivity (Wildman–Crippen MR) is 86.3 cm³/mol. The first-order valence-corrected chi connectivity index (χ1v) is 7.83. The molecule has 1 aliphatic heterocycles. The highest BCUT2D eigenvalue weighted by Crippen LogP contribution is 2.20. The Kier molecular flexibility index (Phi) is 5.58. The van der Waals surface area contributed by atoms with E-state index in [4.69, 9.17) is 0 Å². The van der Waals surface area contributed by atoms with Crippen molar-refractivity contribution in [3.05, 3.63) is 34.9 Å². The number of likely N-dealkylation sites (N-methyl/N-ethyl adjacent to an activating group) is 2. The van der Waals surface area contributed by atoms with Gasteiger partial charge in [0.15, 0.2) is 0 Å². The number of hydrogen-bond donors (Lipinski definition) is 1. The first kappa shape index (κ1) is 15.5. The summed E-state index contributed by atoms with van der Waals surface area (Å²) in [6.07, 6.45) is 0. The van der Waals surface area contributed by atoms with E-state index >= 15 is 0 Å². The lowest BCUT2D eigenvalue weighted by Crippen LogP contribution is -2.48. The van der Waals surface area contributed by atoms with Gasteiger partial charge < -0.3 is 10.2 Å². The van der Waals surface area contributed by atoms with E-state index in [0.29, 0.717) is 6.04 Å². The summed E-state index contributed by atoms with van der Waals surface area (Å²) in [5.74, 6) is 0. The Morgan fingerprint density at radius 2 is 1.75 bits per heavy atom. The molecule has 0 aromatic heterocycles. The van der Waals surface area contributed by atoms with Crippen molar-refractivity contribution in [1.82, 2.24) is 15.1 Å².